The molecule has 0 radical (unpaired) electrons. The van der Waals surface area contributed by atoms with Crippen molar-refractivity contribution in [3.8, 4) is 17.2 Å². The van der Waals surface area contributed by atoms with Gasteiger partial charge in [0, 0.05) is 42.7 Å². The first kappa shape index (κ1) is 29.5. The Hall–Kier alpha value is -4.97. The van der Waals surface area contributed by atoms with Crippen molar-refractivity contribution < 1.29 is 19.2 Å². The van der Waals surface area contributed by atoms with Gasteiger partial charge in [-0.2, -0.15) is 0 Å². The minimum absolute atomic E-state index is 0.0393. The molecule has 0 bridgehead atoms. The molecule has 2 N–H and O–H groups in total. The maximum atomic E-state index is 13.1. The van der Waals surface area contributed by atoms with Crippen LogP contribution in [-0.2, 0) is 4.79 Å². The van der Waals surface area contributed by atoms with E-state index < -0.39 is 4.92 Å². The zero-order chi connectivity index (χ0) is 30.7. The number of carbonyl (C=O) groups is 1. The zero-order valence-corrected chi connectivity index (χ0v) is 25.1. The van der Waals surface area contributed by atoms with Crippen LogP contribution in [0.4, 0.5) is 11.4 Å². The Bertz CT molecular complexity index is 1670. The number of thiocarbonyl (C=S) groups is 1. The number of non-ortho nitro benzene ring substituents is 1. The van der Waals surface area contributed by atoms with Crippen LogP contribution in [0.3, 0.4) is 0 Å². The predicted octanol–water partition coefficient (Wildman–Crippen LogP) is 5.42. The number of aromatic nitrogens is 2. The summed E-state index contributed by atoms with van der Waals surface area (Å²) in [7, 11) is 3.09. The SMILES string of the molecule is COc1ccccc1NC(=O)CCN1C(=S)N[C@@H](c2ccccn2)[C@H]1c1cc(C)n(-c2cc([N+](=O)[O-])ccc2OC)c1C. The van der Waals surface area contributed by atoms with Gasteiger partial charge in [-0.15, -0.1) is 0 Å². The summed E-state index contributed by atoms with van der Waals surface area (Å²) in [4.78, 5) is 30.9. The first-order valence-electron chi connectivity index (χ1n) is 13.7. The summed E-state index contributed by atoms with van der Waals surface area (Å²) in [6.07, 6.45) is 1.90. The van der Waals surface area contributed by atoms with E-state index in [0.29, 0.717) is 34.5 Å². The second-order valence-electron chi connectivity index (χ2n) is 10.1. The third-order valence-corrected chi connectivity index (χ3v) is 7.91. The van der Waals surface area contributed by atoms with Crippen LogP contribution in [0, 0.1) is 24.0 Å². The molecular formula is C31H32N6O5S. The number of nitro groups is 1. The van der Waals surface area contributed by atoms with Crippen LogP contribution in [0.2, 0.25) is 0 Å². The Labute approximate surface area is 254 Å². The highest BCUT2D eigenvalue weighted by molar-refractivity contribution is 7.80. The number of methoxy groups -OCH3 is 2. The lowest BCUT2D eigenvalue weighted by atomic mass is 9.96. The molecule has 1 aliphatic rings. The summed E-state index contributed by atoms with van der Waals surface area (Å²) >= 11 is 5.81. The molecule has 43 heavy (non-hydrogen) atoms. The zero-order valence-electron chi connectivity index (χ0n) is 24.2. The number of pyridine rings is 1. The fraction of sp³-hybridized carbons (Fsp3) is 0.258. The third-order valence-electron chi connectivity index (χ3n) is 7.56. The van der Waals surface area contributed by atoms with Gasteiger partial charge in [-0.3, -0.25) is 19.9 Å². The van der Waals surface area contributed by atoms with Gasteiger partial charge in [0.05, 0.1) is 48.3 Å². The quantitative estimate of drug-likeness (QED) is 0.140. The summed E-state index contributed by atoms with van der Waals surface area (Å²) in [6.45, 7) is 4.24. The molecule has 1 saturated heterocycles. The van der Waals surface area contributed by atoms with Crippen molar-refractivity contribution in [2.24, 2.45) is 0 Å². The molecule has 12 heteroatoms. The molecule has 5 rings (SSSR count). The second kappa shape index (κ2) is 12.5. The first-order valence-corrected chi connectivity index (χ1v) is 14.1. The maximum absolute atomic E-state index is 13.1. The van der Waals surface area contributed by atoms with E-state index in [9.17, 15) is 14.9 Å². The van der Waals surface area contributed by atoms with Crippen molar-refractivity contribution >= 4 is 34.6 Å². The number of para-hydroxylation sites is 2. The molecule has 3 heterocycles. The minimum Gasteiger partial charge on any atom is -0.495 e. The number of amides is 1. The van der Waals surface area contributed by atoms with Gasteiger partial charge in [-0.25, -0.2) is 0 Å². The number of nitrogens with zero attached hydrogens (tertiary/aromatic N) is 4. The molecule has 2 aromatic heterocycles. The van der Waals surface area contributed by atoms with Gasteiger partial charge in [-0.05, 0) is 68.0 Å². The van der Waals surface area contributed by atoms with Crippen LogP contribution in [0.25, 0.3) is 5.69 Å². The molecule has 11 nitrogen and oxygen atoms in total. The highest BCUT2D eigenvalue weighted by atomic mass is 32.1. The van der Waals surface area contributed by atoms with E-state index in [1.165, 1.54) is 19.2 Å². The predicted molar refractivity (Wildman–Crippen MR) is 167 cm³/mol. The van der Waals surface area contributed by atoms with Gasteiger partial charge in [0.2, 0.25) is 5.91 Å². The number of aryl methyl sites for hydroxylation is 1. The van der Waals surface area contributed by atoms with E-state index in [4.69, 9.17) is 21.7 Å². The Morgan fingerprint density at radius 3 is 2.51 bits per heavy atom. The van der Waals surface area contributed by atoms with Crippen molar-refractivity contribution in [3.05, 3.63) is 106 Å². The fourth-order valence-electron chi connectivity index (χ4n) is 5.59. The standard InChI is InChI=1S/C31H32N6O5S/c1-19-17-22(20(2)36(19)25-18-21(37(39)40)12-13-27(25)42-4)30-29(24-10-7-8-15-32-24)34-31(43)35(30)16-14-28(38)33-23-9-5-6-11-26(23)41-3/h5-13,15,17-18,29-30H,14,16H2,1-4H3,(H,33,38)(H,34,43)/t29-,30+/m0/s1. The van der Waals surface area contributed by atoms with Gasteiger partial charge in [0.25, 0.3) is 5.69 Å². The normalized spacial score (nSPS) is 16.1. The van der Waals surface area contributed by atoms with E-state index in [-0.39, 0.29) is 30.1 Å². The third kappa shape index (κ3) is 5.86. The van der Waals surface area contributed by atoms with Gasteiger partial charge in [-0.1, -0.05) is 18.2 Å². The average molecular weight is 601 g/mol. The Morgan fingerprint density at radius 1 is 1.07 bits per heavy atom. The number of benzene rings is 2. The molecule has 4 aromatic rings. The average Bonchev–Trinajstić information content (AvgIpc) is 3.50. The second-order valence-corrected chi connectivity index (χ2v) is 10.5. The molecule has 1 aliphatic heterocycles. The molecule has 2 atom stereocenters. The molecule has 0 aliphatic carbocycles. The number of ether oxygens (including phenoxy) is 2. The molecule has 0 saturated carbocycles. The molecule has 1 amide bonds. The Kier molecular flexibility index (Phi) is 8.58. The molecule has 0 spiro atoms. The van der Waals surface area contributed by atoms with Crippen LogP contribution in [0.15, 0.2) is 72.9 Å². The highest BCUT2D eigenvalue weighted by Crippen LogP contribution is 2.42. The largest absolute Gasteiger partial charge is 0.495 e. The van der Waals surface area contributed by atoms with Crippen LogP contribution in [0.1, 0.15) is 41.1 Å². The van der Waals surface area contributed by atoms with Crippen molar-refractivity contribution in [3.63, 3.8) is 0 Å². The number of hydrogen-bond donors (Lipinski definition) is 2. The maximum Gasteiger partial charge on any atom is 0.271 e. The number of nitro benzene ring substituents is 1. The lowest BCUT2D eigenvalue weighted by Gasteiger charge is -2.28. The van der Waals surface area contributed by atoms with E-state index >= 15 is 0 Å². The Balaban J connectivity index is 1.52. The van der Waals surface area contributed by atoms with E-state index in [0.717, 1.165) is 22.6 Å². The molecule has 222 valence electrons. The first-order chi connectivity index (χ1) is 20.7. The van der Waals surface area contributed by atoms with Crippen LogP contribution >= 0.6 is 12.2 Å². The molecule has 0 unspecified atom stereocenters. The number of anilines is 1. The monoisotopic (exact) mass is 600 g/mol. The number of hydrogen-bond acceptors (Lipinski definition) is 7. The van der Waals surface area contributed by atoms with E-state index in [1.807, 2.05) is 59.7 Å². The lowest BCUT2D eigenvalue weighted by molar-refractivity contribution is -0.384. The lowest BCUT2D eigenvalue weighted by Crippen LogP contribution is -2.33. The summed E-state index contributed by atoms with van der Waals surface area (Å²) in [5.41, 5.74) is 4.57. The smallest absolute Gasteiger partial charge is 0.271 e. The number of carbonyl (C=O) groups excluding carboxylic acids is 1. The van der Waals surface area contributed by atoms with Crippen molar-refractivity contribution in [1.29, 1.82) is 0 Å². The van der Waals surface area contributed by atoms with Crippen LogP contribution in [-0.4, -0.2) is 51.2 Å². The molecular weight excluding hydrogens is 568 g/mol. The minimum atomic E-state index is -0.424. The molecule has 2 aromatic carbocycles. The summed E-state index contributed by atoms with van der Waals surface area (Å²) in [5.74, 6) is 0.899. The van der Waals surface area contributed by atoms with E-state index in [2.05, 4.69) is 15.6 Å². The van der Waals surface area contributed by atoms with Crippen molar-refractivity contribution in [2.45, 2.75) is 32.4 Å². The molecule has 1 fully saturated rings. The van der Waals surface area contributed by atoms with Gasteiger partial charge in [0.1, 0.15) is 11.5 Å². The number of rotatable bonds is 10. The van der Waals surface area contributed by atoms with Gasteiger partial charge >= 0.3 is 0 Å². The van der Waals surface area contributed by atoms with Gasteiger partial charge in [0.15, 0.2) is 5.11 Å². The van der Waals surface area contributed by atoms with Crippen molar-refractivity contribution in [1.82, 2.24) is 19.8 Å². The summed E-state index contributed by atoms with van der Waals surface area (Å²) in [5, 5.41) is 18.5. The number of nitrogens with one attached hydrogen (secondary N) is 2. The summed E-state index contributed by atoms with van der Waals surface area (Å²) < 4.78 is 12.9. The van der Waals surface area contributed by atoms with Crippen LogP contribution < -0.4 is 20.1 Å². The topological polar surface area (TPSA) is 124 Å². The van der Waals surface area contributed by atoms with E-state index in [1.54, 1.807) is 31.5 Å². The van der Waals surface area contributed by atoms with Crippen molar-refractivity contribution in [2.75, 3.05) is 26.1 Å². The Morgan fingerprint density at radius 2 is 1.81 bits per heavy atom. The van der Waals surface area contributed by atoms with Gasteiger partial charge < -0.3 is 29.6 Å². The fourth-order valence-corrected chi connectivity index (χ4v) is 5.92. The summed E-state index contributed by atoms with van der Waals surface area (Å²) in [6, 6.07) is 18.9. The highest BCUT2D eigenvalue weighted by Gasteiger charge is 2.41. The van der Waals surface area contributed by atoms with Crippen LogP contribution in [0.5, 0.6) is 11.5 Å².